The molecule has 0 aliphatic carbocycles. The molecule has 0 aromatic carbocycles. The summed E-state index contributed by atoms with van der Waals surface area (Å²) in [5, 5.41) is 33.0. The molecule has 4 saturated heterocycles. The standard InChI is InChI=1S/C37H53N13O25P4/c1-46-16-50(31-23(46)32(55)45-36(39)44-31)33-24(52)17(3-5-47-7-9-66-10-8-47)18(70-33)11-68-77(59,60)74-79(63,64)75-78(61,62)69-13-20-27(28(65-2)35(72-20)49-15-42-22-29(38)40-14-41-30(22)49)73-76(57,58)67-12-19-25(53)26(54)34(71-19)48-6-4-21(51)43-37(48)56/h4,6,14-20,24-28,33-35,52-54H,3,5,7-13H2,1-2H3,(H9-,38,39,40,41,43,44,45,51,55,56,57,58,59,60,61,62,63,64)/t17-,18-,19-,20-,24-,25-,26-,27-,28-,33?,34-,35-/m1/s1. The van der Waals surface area contributed by atoms with Crippen LogP contribution in [0.15, 0.2) is 45.6 Å². The summed E-state index contributed by atoms with van der Waals surface area (Å²) in [6.07, 6.45) is -13.2. The highest BCUT2D eigenvalue weighted by Crippen LogP contribution is 2.68. The van der Waals surface area contributed by atoms with Crippen LogP contribution in [0.2, 0.25) is 0 Å². The Morgan fingerprint density at radius 1 is 0.785 bits per heavy atom. The normalized spacial score (nSPS) is 30.8. The Morgan fingerprint density at radius 3 is 2.11 bits per heavy atom. The van der Waals surface area contributed by atoms with Crippen LogP contribution in [0.4, 0.5) is 11.8 Å². The quantitative estimate of drug-likeness (QED) is 0.0230. The molecule has 0 saturated carbocycles. The van der Waals surface area contributed by atoms with Crippen LogP contribution in [-0.2, 0) is 75.7 Å². The smallest absolute Gasteiger partial charge is 0.490 e. The van der Waals surface area contributed by atoms with Gasteiger partial charge in [-0.25, -0.2) is 38.0 Å². The summed E-state index contributed by atoms with van der Waals surface area (Å²) in [7, 11) is -21.1. The van der Waals surface area contributed by atoms with Crippen molar-refractivity contribution >= 4 is 65.4 Å². The number of hydrogen-bond acceptors (Lipinski definition) is 29. The molecule has 5 aromatic rings. The van der Waals surface area contributed by atoms with Crippen LogP contribution in [0.1, 0.15) is 25.1 Å². The van der Waals surface area contributed by atoms with Gasteiger partial charge in [-0.1, -0.05) is 0 Å². The summed E-state index contributed by atoms with van der Waals surface area (Å²) in [6, 6.07) is 0.919. The minimum absolute atomic E-state index is 0.00268. The van der Waals surface area contributed by atoms with E-state index >= 15 is 0 Å². The molecule has 42 heteroatoms. The van der Waals surface area contributed by atoms with Crippen molar-refractivity contribution in [3.05, 3.63) is 62.4 Å². The van der Waals surface area contributed by atoms with Crippen molar-refractivity contribution in [2.24, 2.45) is 13.0 Å². The number of hydrogen-bond donors (Lipinski definition) is 10. The number of morpholine rings is 1. The third kappa shape index (κ3) is 13.0. The van der Waals surface area contributed by atoms with Gasteiger partial charge in [-0.05, 0) is 13.0 Å². The van der Waals surface area contributed by atoms with Gasteiger partial charge in [0, 0.05) is 38.4 Å². The number of aryl methyl sites for hydroxylation is 1. The lowest BCUT2D eigenvalue weighted by atomic mass is 9.94. The first-order valence-electron chi connectivity index (χ1n) is 23.4. The van der Waals surface area contributed by atoms with Crippen molar-refractivity contribution < 1.29 is 108 Å². The van der Waals surface area contributed by atoms with Crippen LogP contribution in [0, 0.1) is 5.92 Å². The van der Waals surface area contributed by atoms with Gasteiger partial charge in [-0.3, -0.25) is 47.2 Å². The average molecular weight is 1200 g/mol. The average Bonchev–Trinajstić information content (AvgIpc) is 4.32. The van der Waals surface area contributed by atoms with E-state index in [0.717, 1.165) is 36.6 Å². The molecule has 0 amide bonds. The summed E-state index contributed by atoms with van der Waals surface area (Å²) in [4.78, 5) is 105. The molecule has 9 heterocycles. The molecular weight excluding hydrogens is 1150 g/mol. The molecular formula is C37H53N13O25P4. The topological polar surface area (TPSA) is 523 Å². The number of aromatic nitrogens is 10. The summed E-state index contributed by atoms with van der Waals surface area (Å²) in [6.45, 7) is -0.905. The Balaban J connectivity index is 0.873. The van der Waals surface area contributed by atoms with Gasteiger partial charge in [0.1, 0.15) is 54.6 Å². The van der Waals surface area contributed by atoms with Crippen molar-refractivity contribution in [2.45, 2.75) is 73.9 Å². The lowest BCUT2D eigenvalue weighted by Gasteiger charge is -2.31. The minimum Gasteiger partial charge on any atom is -0.756 e. The van der Waals surface area contributed by atoms with E-state index in [1.165, 1.54) is 27.1 Å². The fraction of sp³-hybridized carbons (Fsp3) is 0.622. The van der Waals surface area contributed by atoms with Crippen molar-refractivity contribution in [1.29, 1.82) is 0 Å². The number of aliphatic hydroxyl groups is 3. The zero-order chi connectivity index (χ0) is 56.9. The van der Waals surface area contributed by atoms with Crippen LogP contribution in [-0.4, -0.2) is 187 Å². The number of imidazole rings is 2. The van der Waals surface area contributed by atoms with Crippen LogP contribution in [0.25, 0.3) is 22.3 Å². The predicted octanol–water partition coefficient (Wildman–Crippen LogP) is -4.53. The van der Waals surface area contributed by atoms with Crippen molar-refractivity contribution in [3.8, 4) is 0 Å². The molecule has 12 N–H and O–H groups in total. The number of aliphatic hydroxyl groups excluding tert-OH is 3. The molecule has 4 fully saturated rings. The van der Waals surface area contributed by atoms with E-state index in [1.807, 2.05) is 9.88 Å². The maximum absolute atomic E-state index is 13.5. The van der Waals surface area contributed by atoms with E-state index in [0.29, 0.717) is 32.8 Å². The van der Waals surface area contributed by atoms with E-state index < -0.39 is 141 Å². The number of nitrogens with two attached hydrogens (primary N) is 2. The van der Waals surface area contributed by atoms with E-state index in [4.69, 9.17) is 53.2 Å². The highest BCUT2D eigenvalue weighted by molar-refractivity contribution is 7.66. The summed E-state index contributed by atoms with van der Waals surface area (Å²) in [5.74, 6) is -1.23. The fourth-order valence-corrected chi connectivity index (χ4v) is 13.8. The molecule has 5 aromatic heterocycles. The first-order valence-corrected chi connectivity index (χ1v) is 29.4. The lowest BCUT2D eigenvalue weighted by Crippen LogP contribution is -2.39. The number of H-pyrrole nitrogens is 2. The number of nitrogens with one attached hydrogen (secondary N) is 2. The molecule has 0 radical (unpaired) electrons. The predicted molar refractivity (Wildman–Crippen MR) is 255 cm³/mol. The van der Waals surface area contributed by atoms with E-state index in [-0.39, 0.29) is 40.5 Å². The molecule has 4 aliphatic rings. The van der Waals surface area contributed by atoms with Crippen LogP contribution in [0.3, 0.4) is 0 Å². The molecule has 79 heavy (non-hydrogen) atoms. The number of phosphoric acid groups is 4. The largest absolute Gasteiger partial charge is 0.756 e. The van der Waals surface area contributed by atoms with Gasteiger partial charge >= 0.3 is 34.7 Å². The zero-order valence-electron chi connectivity index (χ0n) is 41.1. The summed E-state index contributed by atoms with van der Waals surface area (Å²) in [5.41, 5.74) is 9.41. The Kier molecular flexibility index (Phi) is 17.4. The second-order valence-electron chi connectivity index (χ2n) is 18.1. The van der Waals surface area contributed by atoms with Crippen LogP contribution < -0.4 is 37.7 Å². The number of methoxy groups -OCH3 is 1. The number of anilines is 2. The monoisotopic (exact) mass is 1200 g/mol. The van der Waals surface area contributed by atoms with Crippen molar-refractivity contribution in [1.82, 2.24) is 48.5 Å². The Morgan fingerprint density at radius 2 is 1.43 bits per heavy atom. The molecule has 0 spiro atoms. The number of nitrogens with zero attached hydrogens (tertiary/aromatic N) is 9. The molecule has 436 valence electrons. The number of aromatic amines is 2. The SMILES string of the molecule is CO[C@@H]1[C@H](OP(=O)([O-])OC[C@H]2O[C@@H](n3ccc(=O)[nH]c3=O)[C@H](O)[C@@H]2O)[C@@H](COP(=O)(O)OP(=O)(O)OP(=O)(O)OC[C@H]2OC(n3c[n+](C)c4c(=O)[nH]c(N)nc43)[C@H](O)[C@@H]2CCN2CCOCC2)O[C@H]1n1cnc2c(N)ncnc21. The lowest BCUT2D eigenvalue weighted by molar-refractivity contribution is -0.646. The maximum Gasteiger partial charge on any atom is 0.490 e. The molecule has 4 aliphatic heterocycles. The highest BCUT2D eigenvalue weighted by atomic mass is 31.3. The van der Waals surface area contributed by atoms with Crippen LogP contribution >= 0.6 is 31.3 Å². The van der Waals surface area contributed by atoms with Gasteiger partial charge in [0.2, 0.25) is 18.5 Å². The van der Waals surface area contributed by atoms with Crippen molar-refractivity contribution in [3.63, 3.8) is 0 Å². The molecule has 16 atom stereocenters. The Bertz CT molecular complexity index is 3410. The number of ether oxygens (including phenoxy) is 5. The number of fused-ring (bicyclic) bond motifs is 2. The zero-order valence-corrected chi connectivity index (χ0v) is 44.7. The van der Waals surface area contributed by atoms with Gasteiger partial charge < -0.3 is 79.1 Å². The van der Waals surface area contributed by atoms with Crippen molar-refractivity contribution in [2.75, 3.05) is 71.2 Å². The highest BCUT2D eigenvalue weighted by Gasteiger charge is 2.53. The Hall–Kier alpha value is -4.66. The summed E-state index contributed by atoms with van der Waals surface area (Å²) >= 11 is 0. The van der Waals surface area contributed by atoms with E-state index in [2.05, 4.69) is 33.5 Å². The number of rotatable bonds is 22. The van der Waals surface area contributed by atoms with Gasteiger partial charge in [-0.15, -0.1) is 0 Å². The molecule has 0 bridgehead atoms. The first-order chi connectivity index (χ1) is 37.2. The van der Waals surface area contributed by atoms with E-state index in [9.17, 15) is 67.5 Å². The Labute approximate surface area is 441 Å². The van der Waals surface area contributed by atoms with Gasteiger partial charge in [0.25, 0.3) is 24.5 Å². The minimum atomic E-state index is -6.20. The fourth-order valence-electron chi connectivity index (χ4n) is 9.38. The number of nitrogen functional groups attached to an aromatic ring is 2. The molecule has 9 rings (SSSR count). The first kappa shape index (κ1) is 59.0. The summed E-state index contributed by atoms with van der Waals surface area (Å²) < 4.78 is 116. The third-order valence-corrected chi connectivity index (χ3v) is 18.2. The maximum atomic E-state index is 13.5. The number of phosphoric ester groups is 3. The molecule has 5 unspecified atom stereocenters. The second-order valence-corrected chi connectivity index (χ2v) is 24.1. The van der Waals surface area contributed by atoms with Gasteiger partial charge in [-0.2, -0.15) is 18.2 Å². The van der Waals surface area contributed by atoms with E-state index in [1.54, 1.807) is 0 Å². The molecule has 38 nitrogen and oxygen atoms in total. The second kappa shape index (κ2) is 23.3. The third-order valence-electron chi connectivity index (χ3n) is 13.0. The van der Waals surface area contributed by atoms with Gasteiger partial charge in [0.05, 0.1) is 52.5 Å². The van der Waals surface area contributed by atoms with Gasteiger partial charge in [0.15, 0.2) is 23.9 Å². The van der Waals surface area contributed by atoms with Crippen LogP contribution in [0.5, 0.6) is 0 Å².